The van der Waals surface area contributed by atoms with Crippen LogP contribution in [0.3, 0.4) is 0 Å². The SMILES string of the molecule is O=C(N[C@H]1CC[C@H](C(=O)Nc2ccc(F)cc2Cl)CC1)c1cccc2nccnc12. The number of halogens is 2. The number of rotatable bonds is 4. The molecule has 0 aliphatic heterocycles. The molecule has 30 heavy (non-hydrogen) atoms. The highest BCUT2D eigenvalue weighted by Crippen LogP contribution is 2.28. The molecule has 6 nitrogen and oxygen atoms in total. The van der Waals surface area contributed by atoms with Crippen molar-refractivity contribution in [3.05, 3.63) is 65.2 Å². The van der Waals surface area contributed by atoms with Crippen molar-refractivity contribution in [1.29, 1.82) is 0 Å². The molecule has 0 radical (unpaired) electrons. The van der Waals surface area contributed by atoms with E-state index < -0.39 is 5.82 Å². The molecule has 1 heterocycles. The van der Waals surface area contributed by atoms with Crippen LogP contribution in [0.5, 0.6) is 0 Å². The van der Waals surface area contributed by atoms with Gasteiger partial charge in [-0.25, -0.2) is 4.39 Å². The summed E-state index contributed by atoms with van der Waals surface area (Å²) >= 11 is 5.98. The van der Waals surface area contributed by atoms with Crippen LogP contribution in [0, 0.1) is 11.7 Å². The van der Waals surface area contributed by atoms with Gasteiger partial charge in [0.15, 0.2) is 0 Å². The summed E-state index contributed by atoms with van der Waals surface area (Å²) < 4.78 is 13.2. The molecule has 1 aliphatic carbocycles. The molecule has 3 aromatic rings. The van der Waals surface area contributed by atoms with Gasteiger partial charge in [0.05, 0.1) is 21.8 Å². The van der Waals surface area contributed by atoms with Crippen molar-refractivity contribution in [3.63, 3.8) is 0 Å². The molecular formula is C22H20ClFN4O2. The van der Waals surface area contributed by atoms with Crippen LogP contribution >= 0.6 is 11.6 Å². The number of fused-ring (bicyclic) bond motifs is 1. The average molecular weight is 427 g/mol. The molecule has 1 saturated carbocycles. The predicted molar refractivity (Wildman–Crippen MR) is 113 cm³/mol. The van der Waals surface area contributed by atoms with Crippen molar-refractivity contribution in [1.82, 2.24) is 15.3 Å². The number of carbonyl (C=O) groups excluding carboxylic acids is 2. The quantitative estimate of drug-likeness (QED) is 0.649. The van der Waals surface area contributed by atoms with Gasteiger partial charge in [0.1, 0.15) is 11.3 Å². The smallest absolute Gasteiger partial charge is 0.253 e. The fourth-order valence-electron chi connectivity index (χ4n) is 3.76. The van der Waals surface area contributed by atoms with Crippen molar-refractivity contribution in [2.75, 3.05) is 5.32 Å². The van der Waals surface area contributed by atoms with E-state index >= 15 is 0 Å². The van der Waals surface area contributed by atoms with Gasteiger partial charge < -0.3 is 10.6 Å². The summed E-state index contributed by atoms with van der Waals surface area (Å²) in [5.74, 6) is -0.959. The second kappa shape index (κ2) is 8.75. The van der Waals surface area contributed by atoms with Crippen LogP contribution in [0.1, 0.15) is 36.0 Å². The zero-order chi connectivity index (χ0) is 21.1. The van der Waals surface area contributed by atoms with Crippen LogP contribution in [0.4, 0.5) is 10.1 Å². The van der Waals surface area contributed by atoms with Gasteiger partial charge in [-0.15, -0.1) is 0 Å². The van der Waals surface area contributed by atoms with Gasteiger partial charge in [-0.1, -0.05) is 17.7 Å². The van der Waals surface area contributed by atoms with E-state index in [1.807, 2.05) is 6.07 Å². The molecular weight excluding hydrogens is 407 g/mol. The molecule has 1 aliphatic rings. The van der Waals surface area contributed by atoms with Gasteiger partial charge >= 0.3 is 0 Å². The Labute approximate surface area is 177 Å². The third-order valence-corrected chi connectivity index (χ3v) is 5.68. The molecule has 0 saturated heterocycles. The van der Waals surface area contributed by atoms with Gasteiger partial charge in [-0.3, -0.25) is 19.6 Å². The van der Waals surface area contributed by atoms with Gasteiger partial charge in [0.25, 0.3) is 5.91 Å². The lowest BCUT2D eigenvalue weighted by atomic mass is 9.85. The third-order valence-electron chi connectivity index (χ3n) is 5.37. The highest BCUT2D eigenvalue weighted by Gasteiger charge is 2.28. The molecule has 0 atom stereocenters. The lowest BCUT2D eigenvalue weighted by Gasteiger charge is -2.28. The zero-order valence-electron chi connectivity index (χ0n) is 16.1. The third kappa shape index (κ3) is 4.41. The van der Waals surface area contributed by atoms with Crippen LogP contribution < -0.4 is 10.6 Å². The molecule has 2 aromatic carbocycles. The maximum Gasteiger partial charge on any atom is 0.253 e. The lowest BCUT2D eigenvalue weighted by Crippen LogP contribution is -2.39. The molecule has 1 fully saturated rings. The molecule has 2 N–H and O–H groups in total. The van der Waals surface area contributed by atoms with Gasteiger partial charge in [-0.2, -0.15) is 0 Å². The number of para-hydroxylation sites is 1. The highest BCUT2D eigenvalue weighted by atomic mass is 35.5. The largest absolute Gasteiger partial charge is 0.349 e. The molecule has 2 amide bonds. The Kier molecular flexibility index (Phi) is 5.90. The van der Waals surface area contributed by atoms with Crippen molar-refractivity contribution in [2.45, 2.75) is 31.7 Å². The first-order valence-electron chi connectivity index (χ1n) is 9.78. The second-order valence-electron chi connectivity index (χ2n) is 7.37. The number of nitrogens with zero attached hydrogens (tertiary/aromatic N) is 2. The zero-order valence-corrected chi connectivity index (χ0v) is 16.8. The minimum absolute atomic E-state index is 0.0112. The highest BCUT2D eigenvalue weighted by molar-refractivity contribution is 6.33. The summed E-state index contributed by atoms with van der Waals surface area (Å²) in [6.45, 7) is 0. The first-order valence-corrected chi connectivity index (χ1v) is 10.2. The number of anilines is 1. The van der Waals surface area contributed by atoms with Gasteiger partial charge in [0.2, 0.25) is 5.91 Å². The molecule has 154 valence electrons. The average Bonchev–Trinajstić information content (AvgIpc) is 2.75. The summed E-state index contributed by atoms with van der Waals surface area (Å²) in [6.07, 6.45) is 5.83. The van der Waals surface area contributed by atoms with Gasteiger partial charge in [0, 0.05) is 24.4 Å². The Morgan fingerprint density at radius 3 is 2.57 bits per heavy atom. The number of nitrogens with one attached hydrogen (secondary N) is 2. The van der Waals surface area contributed by atoms with E-state index in [2.05, 4.69) is 20.6 Å². The first kappa shape index (κ1) is 20.2. The van der Waals surface area contributed by atoms with Crippen LogP contribution in [-0.4, -0.2) is 27.8 Å². The normalized spacial score (nSPS) is 18.7. The second-order valence-corrected chi connectivity index (χ2v) is 7.77. The Hall–Kier alpha value is -3.06. The fourth-order valence-corrected chi connectivity index (χ4v) is 3.98. The Morgan fingerprint density at radius 1 is 1.03 bits per heavy atom. The summed E-state index contributed by atoms with van der Waals surface area (Å²) in [4.78, 5) is 33.8. The summed E-state index contributed by atoms with van der Waals surface area (Å²) in [5.41, 5.74) is 2.13. The number of hydrogen-bond acceptors (Lipinski definition) is 4. The van der Waals surface area contributed by atoms with Crippen molar-refractivity contribution in [2.24, 2.45) is 5.92 Å². The van der Waals surface area contributed by atoms with E-state index in [4.69, 9.17) is 11.6 Å². The number of hydrogen-bond donors (Lipinski definition) is 2. The van der Waals surface area contributed by atoms with E-state index in [1.165, 1.54) is 18.2 Å². The topological polar surface area (TPSA) is 84.0 Å². The Morgan fingerprint density at radius 2 is 1.80 bits per heavy atom. The number of aromatic nitrogens is 2. The molecule has 8 heteroatoms. The number of benzene rings is 2. The minimum atomic E-state index is -0.452. The van der Waals surface area contributed by atoms with Crippen molar-refractivity contribution < 1.29 is 14.0 Å². The molecule has 0 spiro atoms. The maximum atomic E-state index is 13.2. The monoisotopic (exact) mass is 426 g/mol. The summed E-state index contributed by atoms with van der Waals surface area (Å²) in [7, 11) is 0. The van der Waals surface area contributed by atoms with E-state index in [9.17, 15) is 14.0 Å². The maximum absolute atomic E-state index is 13.2. The molecule has 1 aromatic heterocycles. The fraction of sp³-hybridized carbons (Fsp3) is 0.273. The Balaban J connectivity index is 1.34. The van der Waals surface area contributed by atoms with Crippen molar-refractivity contribution >= 4 is 40.1 Å². The van der Waals surface area contributed by atoms with E-state index in [0.717, 1.165) is 0 Å². The lowest BCUT2D eigenvalue weighted by molar-refractivity contribution is -0.120. The number of carbonyl (C=O) groups is 2. The van der Waals surface area contributed by atoms with E-state index in [1.54, 1.807) is 24.5 Å². The van der Waals surface area contributed by atoms with Crippen LogP contribution in [0.15, 0.2) is 48.8 Å². The number of amides is 2. The van der Waals surface area contributed by atoms with Crippen LogP contribution in [0.25, 0.3) is 11.0 Å². The summed E-state index contributed by atoms with van der Waals surface area (Å²) in [6, 6.07) is 9.20. The first-order chi connectivity index (χ1) is 14.5. The van der Waals surface area contributed by atoms with Crippen LogP contribution in [-0.2, 0) is 4.79 Å². The van der Waals surface area contributed by atoms with Crippen LogP contribution in [0.2, 0.25) is 5.02 Å². The van der Waals surface area contributed by atoms with E-state index in [-0.39, 0.29) is 28.8 Å². The molecule has 0 unspecified atom stereocenters. The minimum Gasteiger partial charge on any atom is -0.349 e. The van der Waals surface area contributed by atoms with Crippen molar-refractivity contribution in [3.8, 4) is 0 Å². The molecule has 4 rings (SSSR count). The standard InChI is InChI=1S/C22H20ClFN4O2/c23-17-12-14(24)6-9-18(17)28-21(29)13-4-7-15(8-5-13)27-22(30)16-2-1-3-19-20(16)26-11-10-25-19/h1-3,6,9-13,15H,4-5,7-8H2,(H,27,30)(H,28,29)/t13-,15-. The molecule has 0 bridgehead atoms. The summed E-state index contributed by atoms with van der Waals surface area (Å²) in [5, 5.41) is 5.99. The van der Waals surface area contributed by atoms with Gasteiger partial charge in [-0.05, 0) is 56.0 Å². The Bertz CT molecular complexity index is 1090. The predicted octanol–water partition coefficient (Wildman–Crippen LogP) is 4.35. The van der Waals surface area contributed by atoms with E-state index in [0.29, 0.717) is 48.0 Å².